The van der Waals surface area contributed by atoms with E-state index in [2.05, 4.69) is 5.32 Å². The van der Waals surface area contributed by atoms with Gasteiger partial charge in [-0.2, -0.15) is 0 Å². The Balaban J connectivity index is 1.91. The van der Waals surface area contributed by atoms with Gasteiger partial charge < -0.3 is 9.73 Å². The van der Waals surface area contributed by atoms with Crippen LogP contribution in [0.3, 0.4) is 0 Å². The maximum absolute atomic E-state index is 12.3. The molecular formula is C15H17NO2. The number of rotatable bonds is 2. The smallest absolute Gasteiger partial charge is 0.214 e. The standard InChI is InChI=1S/C15H17NO2/c1-10-5-6-13-11(8-10)9-14(18-13)15(17)12-4-2-3-7-16-12/h5-6,8-9,12,16H,2-4,7H2,1H3. The van der Waals surface area contributed by atoms with Gasteiger partial charge in [0.05, 0.1) is 6.04 Å². The van der Waals surface area contributed by atoms with Crippen molar-refractivity contribution in [1.82, 2.24) is 5.32 Å². The number of nitrogens with one attached hydrogen (secondary N) is 1. The van der Waals surface area contributed by atoms with Crippen LogP contribution >= 0.6 is 0 Å². The number of hydrogen-bond donors (Lipinski definition) is 1. The van der Waals surface area contributed by atoms with Crippen molar-refractivity contribution in [3.63, 3.8) is 0 Å². The molecule has 0 bridgehead atoms. The number of piperidine rings is 1. The molecule has 18 heavy (non-hydrogen) atoms. The van der Waals surface area contributed by atoms with Crippen LogP contribution in [0.25, 0.3) is 11.0 Å². The molecular weight excluding hydrogens is 226 g/mol. The van der Waals surface area contributed by atoms with E-state index in [-0.39, 0.29) is 11.8 Å². The van der Waals surface area contributed by atoms with E-state index in [1.54, 1.807) is 0 Å². The quantitative estimate of drug-likeness (QED) is 0.824. The summed E-state index contributed by atoms with van der Waals surface area (Å²) in [5.74, 6) is 0.568. The van der Waals surface area contributed by atoms with Crippen molar-refractivity contribution in [1.29, 1.82) is 0 Å². The van der Waals surface area contributed by atoms with Crippen LogP contribution in [0.15, 0.2) is 28.7 Å². The van der Waals surface area contributed by atoms with Crippen LogP contribution in [-0.4, -0.2) is 18.4 Å². The Kier molecular flexibility index (Phi) is 2.92. The molecule has 0 saturated carbocycles. The first kappa shape index (κ1) is 11.5. The Morgan fingerprint density at radius 2 is 2.22 bits per heavy atom. The molecule has 3 heteroatoms. The summed E-state index contributed by atoms with van der Waals surface area (Å²) in [4.78, 5) is 12.3. The fourth-order valence-corrected chi connectivity index (χ4v) is 2.53. The minimum absolute atomic E-state index is 0.0691. The lowest BCUT2D eigenvalue weighted by Crippen LogP contribution is -2.40. The molecule has 1 aromatic heterocycles. The number of carbonyl (C=O) groups is 1. The van der Waals surface area contributed by atoms with Crippen molar-refractivity contribution in [2.45, 2.75) is 32.2 Å². The summed E-state index contributed by atoms with van der Waals surface area (Å²) in [6.07, 6.45) is 3.18. The fraction of sp³-hybridized carbons (Fsp3) is 0.400. The van der Waals surface area contributed by atoms with Gasteiger partial charge in [-0.3, -0.25) is 4.79 Å². The summed E-state index contributed by atoms with van der Waals surface area (Å²) in [7, 11) is 0. The first-order valence-corrected chi connectivity index (χ1v) is 6.52. The van der Waals surface area contributed by atoms with Crippen LogP contribution in [0, 0.1) is 6.92 Å². The summed E-state index contributed by atoms with van der Waals surface area (Å²) < 4.78 is 5.65. The van der Waals surface area contributed by atoms with E-state index in [1.165, 1.54) is 5.56 Å². The molecule has 1 fully saturated rings. The first-order chi connectivity index (χ1) is 8.74. The van der Waals surface area contributed by atoms with Gasteiger partial charge in [0.15, 0.2) is 5.76 Å². The molecule has 1 aliphatic heterocycles. The number of aryl methyl sites for hydroxylation is 1. The van der Waals surface area contributed by atoms with E-state index < -0.39 is 0 Å². The second-order valence-corrected chi connectivity index (χ2v) is 5.02. The summed E-state index contributed by atoms with van der Waals surface area (Å²) in [5, 5.41) is 4.27. The number of fused-ring (bicyclic) bond motifs is 1. The highest BCUT2D eigenvalue weighted by Crippen LogP contribution is 2.23. The maximum Gasteiger partial charge on any atom is 0.214 e. The van der Waals surface area contributed by atoms with Gasteiger partial charge in [-0.1, -0.05) is 18.1 Å². The second-order valence-electron chi connectivity index (χ2n) is 5.02. The minimum atomic E-state index is -0.0691. The monoisotopic (exact) mass is 243 g/mol. The zero-order chi connectivity index (χ0) is 12.5. The fourth-order valence-electron chi connectivity index (χ4n) is 2.53. The molecule has 0 amide bonds. The lowest BCUT2D eigenvalue weighted by atomic mass is 10.00. The average molecular weight is 243 g/mol. The number of furan rings is 1. The first-order valence-electron chi connectivity index (χ1n) is 6.52. The maximum atomic E-state index is 12.3. The zero-order valence-electron chi connectivity index (χ0n) is 10.5. The van der Waals surface area contributed by atoms with Gasteiger partial charge >= 0.3 is 0 Å². The molecule has 2 heterocycles. The third kappa shape index (κ3) is 2.06. The highest BCUT2D eigenvalue weighted by molar-refractivity contribution is 6.01. The van der Waals surface area contributed by atoms with Crippen molar-refractivity contribution >= 4 is 16.8 Å². The molecule has 1 unspecified atom stereocenters. The van der Waals surface area contributed by atoms with Gasteiger partial charge in [0.2, 0.25) is 5.78 Å². The van der Waals surface area contributed by atoms with Crippen LogP contribution < -0.4 is 5.32 Å². The number of hydrogen-bond acceptors (Lipinski definition) is 3. The van der Waals surface area contributed by atoms with Gasteiger partial charge in [0, 0.05) is 5.39 Å². The van der Waals surface area contributed by atoms with E-state index in [0.717, 1.165) is 36.8 Å². The van der Waals surface area contributed by atoms with Crippen molar-refractivity contribution < 1.29 is 9.21 Å². The molecule has 0 radical (unpaired) electrons. The van der Waals surface area contributed by atoms with Crippen LogP contribution in [0.5, 0.6) is 0 Å². The molecule has 1 N–H and O–H groups in total. The molecule has 3 rings (SSSR count). The number of Topliss-reactive ketones (excluding diaryl/α,β-unsaturated/α-hetero) is 1. The minimum Gasteiger partial charge on any atom is -0.453 e. The van der Waals surface area contributed by atoms with Crippen LogP contribution in [0.2, 0.25) is 0 Å². The van der Waals surface area contributed by atoms with E-state index in [4.69, 9.17) is 4.42 Å². The van der Waals surface area contributed by atoms with Crippen LogP contribution in [0.1, 0.15) is 35.4 Å². The van der Waals surface area contributed by atoms with Crippen molar-refractivity contribution in [3.8, 4) is 0 Å². The third-order valence-corrected chi connectivity index (χ3v) is 3.54. The van der Waals surface area contributed by atoms with Crippen molar-refractivity contribution in [2.75, 3.05) is 6.54 Å². The number of ketones is 1. The third-order valence-electron chi connectivity index (χ3n) is 3.54. The molecule has 1 atom stereocenters. The Labute approximate surface area is 106 Å². The van der Waals surface area contributed by atoms with Crippen LogP contribution in [0.4, 0.5) is 0 Å². The van der Waals surface area contributed by atoms with Gasteiger partial charge in [0.25, 0.3) is 0 Å². The molecule has 0 spiro atoms. The zero-order valence-corrected chi connectivity index (χ0v) is 10.5. The van der Waals surface area contributed by atoms with E-state index >= 15 is 0 Å². The molecule has 3 nitrogen and oxygen atoms in total. The number of benzene rings is 1. The Morgan fingerprint density at radius 1 is 1.33 bits per heavy atom. The second kappa shape index (κ2) is 4.58. The molecule has 2 aromatic rings. The highest BCUT2D eigenvalue weighted by atomic mass is 16.3. The van der Waals surface area contributed by atoms with E-state index in [0.29, 0.717) is 5.76 Å². The largest absolute Gasteiger partial charge is 0.453 e. The lowest BCUT2D eigenvalue weighted by molar-refractivity contribution is 0.0901. The van der Waals surface area contributed by atoms with Crippen molar-refractivity contribution in [2.24, 2.45) is 0 Å². The molecule has 1 saturated heterocycles. The number of carbonyl (C=O) groups excluding carboxylic acids is 1. The van der Waals surface area contributed by atoms with Crippen molar-refractivity contribution in [3.05, 3.63) is 35.6 Å². The normalized spacial score (nSPS) is 20.2. The SMILES string of the molecule is Cc1ccc2oc(C(=O)C3CCCCN3)cc2c1. The molecule has 0 aliphatic carbocycles. The Morgan fingerprint density at radius 3 is 3.00 bits per heavy atom. The molecule has 1 aromatic carbocycles. The summed E-state index contributed by atoms with van der Waals surface area (Å²) >= 11 is 0. The van der Waals surface area contributed by atoms with Gasteiger partial charge in [-0.25, -0.2) is 0 Å². The van der Waals surface area contributed by atoms with E-state index in [1.807, 2.05) is 31.2 Å². The predicted octanol–water partition coefficient (Wildman–Crippen LogP) is 3.07. The summed E-state index contributed by atoms with van der Waals surface area (Å²) in [5.41, 5.74) is 1.97. The van der Waals surface area contributed by atoms with Gasteiger partial charge in [-0.15, -0.1) is 0 Å². The topological polar surface area (TPSA) is 42.2 Å². The summed E-state index contributed by atoms with van der Waals surface area (Å²) in [6.45, 7) is 2.96. The lowest BCUT2D eigenvalue weighted by Gasteiger charge is -2.20. The Bertz CT molecular complexity index is 579. The highest BCUT2D eigenvalue weighted by Gasteiger charge is 2.24. The van der Waals surface area contributed by atoms with Gasteiger partial charge in [-0.05, 0) is 44.5 Å². The Hall–Kier alpha value is -1.61. The average Bonchev–Trinajstić information content (AvgIpc) is 2.81. The van der Waals surface area contributed by atoms with E-state index in [9.17, 15) is 4.79 Å². The van der Waals surface area contributed by atoms with Gasteiger partial charge in [0.1, 0.15) is 5.58 Å². The summed E-state index contributed by atoms with van der Waals surface area (Å²) in [6, 6.07) is 7.76. The molecule has 94 valence electrons. The molecule has 1 aliphatic rings. The van der Waals surface area contributed by atoms with Crippen LogP contribution in [-0.2, 0) is 0 Å². The predicted molar refractivity (Wildman–Crippen MR) is 70.9 cm³/mol.